The van der Waals surface area contributed by atoms with Gasteiger partial charge in [0.15, 0.2) is 16.6 Å². The Bertz CT molecular complexity index is 954. The minimum atomic E-state index is -0.231. The van der Waals surface area contributed by atoms with Crippen LogP contribution in [-0.4, -0.2) is 31.3 Å². The molecule has 0 atom stereocenters. The lowest BCUT2D eigenvalue weighted by molar-refractivity contribution is -0.113. The second-order valence-electron chi connectivity index (χ2n) is 6.07. The van der Waals surface area contributed by atoms with E-state index in [2.05, 4.69) is 11.9 Å². The van der Waals surface area contributed by atoms with Gasteiger partial charge in [0.25, 0.3) is 5.91 Å². The Hall–Kier alpha value is -3.32. The predicted octanol–water partition coefficient (Wildman–Crippen LogP) is 3.92. The summed E-state index contributed by atoms with van der Waals surface area (Å²) in [4.78, 5) is 14.4. The molecule has 7 heteroatoms. The van der Waals surface area contributed by atoms with Crippen molar-refractivity contribution in [2.75, 3.05) is 25.2 Å². The molecule has 0 aromatic heterocycles. The van der Waals surface area contributed by atoms with Crippen molar-refractivity contribution in [3.8, 4) is 17.2 Å². The number of hydrogen-bond acceptors (Lipinski definition) is 5. The third-order valence-electron chi connectivity index (χ3n) is 4.14. The average molecular weight is 410 g/mol. The fourth-order valence-electron chi connectivity index (χ4n) is 2.82. The van der Waals surface area contributed by atoms with E-state index in [0.717, 1.165) is 5.56 Å². The normalized spacial score (nSPS) is 14.7. The van der Waals surface area contributed by atoms with Gasteiger partial charge in [0, 0.05) is 0 Å². The lowest BCUT2D eigenvalue weighted by atomic mass is 10.1. The van der Waals surface area contributed by atoms with Crippen LogP contribution in [-0.2, 0) is 4.79 Å². The van der Waals surface area contributed by atoms with Gasteiger partial charge in [-0.3, -0.25) is 9.69 Å². The molecule has 0 bridgehead atoms. The number of carbonyl (C=O) groups excluding carboxylic acids is 1. The zero-order valence-electron chi connectivity index (χ0n) is 16.3. The van der Waals surface area contributed by atoms with Crippen LogP contribution in [0.3, 0.4) is 0 Å². The van der Waals surface area contributed by atoms with Crippen LogP contribution in [0.5, 0.6) is 17.2 Å². The third-order valence-corrected chi connectivity index (χ3v) is 4.43. The lowest BCUT2D eigenvalue weighted by Gasteiger charge is -2.14. The predicted molar refractivity (Wildman–Crippen MR) is 117 cm³/mol. The van der Waals surface area contributed by atoms with Gasteiger partial charge < -0.3 is 19.5 Å². The summed E-state index contributed by atoms with van der Waals surface area (Å²) in [7, 11) is 1.59. The highest BCUT2D eigenvalue weighted by Gasteiger charge is 2.32. The van der Waals surface area contributed by atoms with E-state index in [1.165, 1.54) is 4.90 Å². The van der Waals surface area contributed by atoms with E-state index >= 15 is 0 Å². The third kappa shape index (κ3) is 4.57. The van der Waals surface area contributed by atoms with Crippen molar-refractivity contribution in [3.05, 3.63) is 66.4 Å². The quantitative estimate of drug-likeness (QED) is 0.404. The van der Waals surface area contributed by atoms with Crippen molar-refractivity contribution in [1.29, 1.82) is 0 Å². The number of rotatable bonds is 8. The number of hydrogen-bond donors (Lipinski definition) is 1. The van der Waals surface area contributed by atoms with Crippen LogP contribution >= 0.6 is 12.2 Å². The Balaban J connectivity index is 1.86. The molecule has 29 heavy (non-hydrogen) atoms. The topological polar surface area (TPSA) is 60.0 Å². The Morgan fingerprint density at radius 2 is 1.90 bits per heavy atom. The van der Waals surface area contributed by atoms with E-state index < -0.39 is 0 Å². The molecule has 2 aromatic carbocycles. The van der Waals surface area contributed by atoms with E-state index in [1.54, 1.807) is 49.6 Å². The fourth-order valence-corrected chi connectivity index (χ4v) is 3.12. The molecular weight excluding hydrogens is 388 g/mol. The van der Waals surface area contributed by atoms with Crippen LogP contribution in [0, 0.1) is 0 Å². The van der Waals surface area contributed by atoms with Crippen molar-refractivity contribution >= 4 is 35.0 Å². The average Bonchev–Trinajstić information content (AvgIpc) is 3.00. The van der Waals surface area contributed by atoms with Crippen LogP contribution in [0.15, 0.2) is 60.8 Å². The second-order valence-corrected chi connectivity index (χ2v) is 6.45. The first kappa shape index (κ1) is 20.4. The van der Waals surface area contributed by atoms with Crippen molar-refractivity contribution in [2.45, 2.75) is 6.92 Å². The Labute approximate surface area is 175 Å². The molecule has 1 fully saturated rings. The fraction of sp³-hybridized carbons (Fsp3) is 0.182. The minimum absolute atomic E-state index is 0.231. The minimum Gasteiger partial charge on any atom is -0.497 e. The number of methoxy groups -OCH3 is 1. The van der Waals surface area contributed by atoms with Gasteiger partial charge in [-0.25, -0.2) is 0 Å². The van der Waals surface area contributed by atoms with Gasteiger partial charge >= 0.3 is 0 Å². The molecule has 1 N–H and O–H groups in total. The summed E-state index contributed by atoms with van der Waals surface area (Å²) in [5.74, 6) is 1.70. The highest BCUT2D eigenvalue weighted by atomic mass is 32.1. The number of amides is 1. The van der Waals surface area contributed by atoms with Crippen LogP contribution in [0.25, 0.3) is 6.08 Å². The number of carbonyl (C=O) groups is 1. The summed E-state index contributed by atoms with van der Waals surface area (Å²) in [6, 6.07) is 12.6. The maximum Gasteiger partial charge on any atom is 0.281 e. The maximum absolute atomic E-state index is 12.9. The number of nitrogens with zero attached hydrogens (tertiary/aromatic N) is 1. The summed E-state index contributed by atoms with van der Waals surface area (Å²) in [6.45, 7) is 6.43. The summed E-state index contributed by atoms with van der Waals surface area (Å²) < 4.78 is 16.4. The van der Waals surface area contributed by atoms with Crippen LogP contribution in [0.2, 0.25) is 0 Å². The van der Waals surface area contributed by atoms with Gasteiger partial charge in [-0.2, -0.15) is 0 Å². The van der Waals surface area contributed by atoms with E-state index in [4.69, 9.17) is 26.4 Å². The first-order chi connectivity index (χ1) is 14.1. The Kier molecular flexibility index (Phi) is 6.51. The van der Waals surface area contributed by atoms with Gasteiger partial charge in [0.05, 0.1) is 19.4 Å². The second kappa shape index (κ2) is 9.25. The van der Waals surface area contributed by atoms with Gasteiger partial charge in [-0.05, 0) is 67.2 Å². The van der Waals surface area contributed by atoms with Crippen molar-refractivity contribution < 1.29 is 19.0 Å². The van der Waals surface area contributed by atoms with E-state index in [9.17, 15) is 4.79 Å². The molecule has 1 saturated heterocycles. The summed E-state index contributed by atoms with van der Waals surface area (Å²) >= 11 is 5.36. The Morgan fingerprint density at radius 1 is 1.14 bits per heavy atom. The van der Waals surface area contributed by atoms with Gasteiger partial charge in [-0.1, -0.05) is 18.7 Å². The standard InChI is InChI=1S/C22H22N2O4S/c1-4-12-28-19-11-6-15(14-20(19)27-5-2)13-18-21(25)24(22(29)23-18)16-7-9-17(26-3)10-8-16/h4,6-11,13-14H,1,5,12H2,2-3H3,(H,23,29). The summed E-state index contributed by atoms with van der Waals surface area (Å²) in [5, 5.41) is 3.30. The van der Waals surface area contributed by atoms with Gasteiger partial charge in [0.1, 0.15) is 18.1 Å². The largest absolute Gasteiger partial charge is 0.497 e. The van der Waals surface area contributed by atoms with Crippen molar-refractivity contribution in [3.63, 3.8) is 0 Å². The molecule has 3 rings (SSSR count). The molecule has 1 heterocycles. The Morgan fingerprint density at radius 3 is 2.55 bits per heavy atom. The smallest absolute Gasteiger partial charge is 0.281 e. The van der Waals surface area contributed by atoms with Crippen molar-refractivity contribution in [1.82, 2.24) is 5.32 Å². The zero-order valence-corrected chi connectivity index (χ0v) is 17.1. The SMILES string of the molecule is C=CCOc1ccc(C=C2NC(=S)N(c3ccc(OC)cc3)C2=O)cc1OCC. The molecule has 0 aliphatic carbocycles. The molecule has 6 nitrogen and oxygen atoms in total. The summed E-state index contributed by atoms with van der Waals surface area (Å²) in [5.41, 5.74) is 1.84. The number of thiocarbonyl (C=S) groups is 1. The lowest BCUT2D eigenvalue weighted by Crippen LogP contribution is -2.30. The molecule has 1 aliphatic rings. The maximum atomic E-state index is 12.9. The highest BCUT2D eigenvalue weighted by molar-refractivity contribution is 7.80. The molecule has 0 saturated carbocycles. The number of nitrogens with one attached hydrogen (secondary N) is 1. The molecule has 2 aromatic rings. The molecule has 1 amide bonds. The number of benzene rings is 2. The first-order valence-electron chi connectivity index (χ1n) is 9.09. The van der Waals surface area contributed by atoms with Gasteiger partial charge in [0.2, 0.25) is 0 Å². The van der Waals surface area contributed by atoms with Crippen molar-refractivity contribution in [2.24, 2.45) is 0 Å². The van der Waals surface area contributed by atoms with Gasteiger partial charge in [-0.15, -0.1) is 0 Å². The molecule has 0 unspecified atom stereocenters. The molecule has 1 aliphatic heterocycles. The zero-order chi connectivity index (χ0) is 20.8. The highest BCUT2D eigenvalue weighted by Crippen LogP contribution is 2.30. The first-order valence-corrected chi connectivity index (χ1v) is 9.50. The van der Waals surface area contributed by atoms with E-state index in [1.807, 2.05) is 19.1 Å². The number of anilines is 1. The van der Waals surface area contributed by atoms with E-state index in [-0.39, 0.29) is 5.91 Å². The molecule has 0 spiro atoms. The van der Waals surface area contributed by atoms with Crippen LogP contribution < -0.4 is 24.4 Å². The van der Waals surface area contributed by atoms with E-state index in [0.29, 0.717) is 47.0 Å². The van der Waals surface area contributed by atoms with Crippen LogP contribution in [0.4, 0.5) is 5.69 Å². The molecule has 150 valence electrons. The summed E-state index contributed by atoms with van der Waals surface area (Å²) in [6.07, 6.45) is 3.40. The monoisotopic (exact) mass is 410 g/mol. The molecule has 0 radical (unpaired) electrons. The molecular formula is C22H22N2O4S. The van der Waals surface area contributed by atoms with Crippen LogP contribution in [0.1, 0.15) is 12.5 Å². The number of ether oxygens (including phenoxy) is 3.